The van der Waals surface area contributed by atoms with Gasteiger partial charge in [0.2, 0.25) is 0 Å². The molecule has 0 radical (unpaired) electrons. The number of thiophene rings is 1. The number of rotatable bonds is 4. The van der Waals surface area contributed by atoms with Crippen molar-refractivity contribution < 1.29 is 4.74 Å². The topological polar surface area (TPSA) is 12.5 Å². The minimum absolute atomic E-state index is 0.873. The summed E-state index contributed by atoms with van der Waals surface area (Å²) in [5.74, 6) is 1.76. The minimum Gasteiger partial charge on any atom is -0.457 e. The second kappa shape index (κ2) is 7.18. The average molecular weight is 372 g/mol. The molecule has 3 heteroatoms. The Bertz CT molecular complexity index is 1050. The molecule has 0 atom stereocenters. The number of fused-ring (bicyclic) bond motifs is 3. The fourth-order valence-electron chi connectivity index (χ4n) is 3.77. The van der Waals surface area contributed by atoms with Crippen molar-refractivity contribution in [3.05, 3.63) is 94.9 Å². The van der Waals surface area contributed by atoms with Crippen LogP contribution in [0, 0.1) is 0 Å². The van der Waals surface area contributed by atoms with Gasteiger partial charge in [0, 0.05) is 29.2 Å². The van der Waals surface area contributed by atoms with Crippen LogP contribution in [0.25, 0.3) is 10.1 Å². The van der Waals surface area contributed by atoms with Gasteiger partial charge >= 0.3 is 0 Å². The van der Waals surface area contributed by atoms with E-state index in [4.69, 9.17) is 4.74 Å². The van der Waals surface area contributed by atoms with Crippen molar-refractivity contribution in [1.29, 1.82) is 0 Å². The lowest BCUT2D eigenvalue weighted by Gasteiger charge is -2.27. The molecular formula is C24H21NOS. The molecule has 0 spiro atoms. The van der Waals surface area contributed by atoms with E-state index >= 15 is 0 Å². The predicted molar refractivity (Wildman–Crippen MR) is 113 cm³/mol. The van der Waals surface area contributed by atoms with Crippen LogP contribution >= 0.6 is 11.3 Å². The third kappa shape index (κ3) is 3.48. The van der Waals surface area contributed by atoms with Gasteiger partial charge in [-0.2, -0.15) is 0 Å². The molecule has 0 unspecified atom stereocenters. The Labute approximate surface area is 163 Å². The van der Waals surface area contributed by atoms with Gasteiger partial charge in [-0.3, -0.25) is 4.90 Å². The molecule has 27 heavy (non-hydrogen) atoms. The summed E-state index contributed by atoms with van der Waals surface area (Å²) < 4.78 is 7.32. The highest BCUT2D eigenvalue weighted by Gasteiger charge is 2.20. The van der Waals surface area contributed by atoms with Crippen LogP contribution in [0.3, 0.4) is 0 Å². The Hall–Kier alpha value is -2.62. The van der Waals surface area contributed by atoms with Crippen LogP contribution in [0.4, 0.5) is 0 Å². The van der Waals surface area contributed by atoms with Crippen molar-refractivity contribution in [2.75, 3.05) is 6.54 Å². The van der Waals surface area contributed by atoms with Crippen LogP contribution in [0.5, 0.6) is 11.5 Å². The molecule has 0 fully saturated rings. The molecule has 1 aromatic heterocycles. The van der Waals surface area contributed by atoms with Gasteiger partial charge in [-0.1, -0.05) is 48.5 Å². The van der Waals surface area contributed by atoms with Crippen LogP contribution in [0.15, 0.2) is 78.9 Å². The van der Waals surface area contributed by atoms with Crippen molar-refractivity contribution in [1.82, 2.24) is 4.90 Å². The lowest BCUT2D eigenvalue weighted by Crippen LogP contribution is -2.29. The zero-order chi connectivity index (χ0) is 18.1. The SMILES string of the molecule is c1ccc(Oc2ccc(CN3CCc4sc5ccccc5c4C3)cc2)cc1. The highest BCUT2D eigenvalue weighted by atomic mass is 32.1. The standard InChI is InChI=1S/C24H21NOS/c1-2-6-19(7-3-1)26-20-12-10-18(11-13-20)16-25-15-14-24-22(17-25)21-8-4-5-9-23(21)27-24/h1-13H,14-17H2. The number of hydrogen-bond acceptors (Lipinski definition) is 3. The van der Waals surface area contributed by atoms with Crippen molar-refractivity contribution >= 4 is 21.4 Å². The van der Waals surface area contributed by atoms with Gasteiger partial charge in [0.05, 0.1) is 0 Å². The number of nitrogens with zero attached hydrogens (tertiary/aromatic N) is 1. The molecule has 0 amide bonds. The van der Waals surface area contributed by atoms with E-state index < -0.39 is 0 Å². The first-order chi connectivity index (χ1) is 13.3. The van der Waals surface area contributed by atoms with Crippen molar-refractivity contribution in [2.24, 2.45) is 0 Å². The van der Waals surface area contributed by atoms with Crippen LogP contribution in [-0.4, -0.2) is 11.4 Å². The first-order valence-electron chi connectivity index (χ1n) is 9.39. The highest BCUT2D eigenvalue weighted by molar-refractivity contribution is 7.19. The third-order valence-corrected chi connectivity index (χ3v) is 6.40. The number of benzene rings is 3. The van der Waals surface area contributed by atoms with E-state index in [9.17, 15) is 0 Å². The summed E-state index contributed by atoms with van der Waals surface area (Å²) in [4.78, 5) is 4.12. The van der Waals surface area contributed by atoms with Crippen LogP contribution < -0.4 is 4.74 Å². The van der Waals surface area contributed by atoms with Gasteiger partial charge in [-0.25, -0.2) is 0 Å². The second-order valence-corrected chi connectivity index (χ2v) is 8.16. The van der Waals surface area contributed by atoms with Crippen LogP contribution in [0.1, 0.15) is 16.0 Å². The molecule has 1 aliphatic rings. The maximum absolute atomic E-state index is 5.90. The molecule has 0 N–H and O–H groups in total. The Morgan fingerprint density at radius 2 is 1.56 bits per heavy atom. The first-order valence-corrected chi connectivity index (χ1v) is 10.2. The zero-order valence-electron chi connectivity index (χ0n) is 15.1. The average Bonchev–Trinajstić information content (AvgIpc) is 3.08. The zero-order valence-corrected chi connectivity index (χ0v) is 15.9. The quantitative estimate of drug-likeness (QED) is 0.420. The Kier molecular flexibility index (Phi) is 4.40. The first kappa shape index (κ1) is 16.5. The van der Waals surface area contributed by atoms with Gasteiger partial charge < -0.3 is 4.74 Å². The lowest BCUT2D eigenvalue weighted by molar-refractivity contribution is 0.248. The van der Waals surface area contributed by atoms with Gasteiger partial charge in [-0.05, 0) is 53.3 Å². The predicted octanol–water partition coefficient (Wildman–Crippen LogP) is 6.25. The molecular weight excluding hydrogens is 350 g/mol. The maximum atomic E-state index is 5.90. The maximum Gasteiger partial charge on any atom is 0.127 e. The Balaban J connectivity index is 1.28. The van der Waals surface area contributed by atoms with Gasteiger partial charge in [-0.15, -0.1) is 11.3 Å². The van der Waals surface area contributed by atoms with Crippen molar-refractivity contribution in [2.45, 2.75) is 19.5 Å². The molecule has 0 saturated heterocycles. The smallest absolute Gasteiger partial charge is 0.127 e. The van der Waals surface area contributed by atoms with E-state index in [0.717, 1.165) is 37.6 Å². The second-order valence-electron chi connectivity index (χ2n) is 7.02. The third-order valence-electron chi connectivity index (χ3n) is 5.13. The fourth-order valence-corrected chi connectivity index (χ4v) is 4.97. The summed E-state index contributed by atoms with van der Waals surface area (Å²) in [6.07, 6.45) is 1.16. The van der Waals surface area contributed by atoms with Gasteiger partial charge in [0.1, 0.15) is 11.5 Å². The summed E-state index contributed by atoms with van der Waals surface area (Å²) in [6, 6.07) is 27.2. The van der Waals surface area contributed by atoms with Gasteiger partial charge in [0.25, 0.3) is 0 Å². The molecule has 0 saturated carbocycles. The normalized spacial score (nSPS) is 14.2. The van der Waals surface area contributed by atoms with E-state index in [0.29, 0.717) is 0 Å². The molecule has 3 aromatic carbocycles. The van der Waals surface area contributed by atoms with Crippen molar-refractivity contribution in [3.8, 4) is 11.5 Å². The molecule has 4 aromatic rings. The largest absolute Gasteiger partial charge is 0.457 e. The molecule has 2 nitrogen and oxygen atoms in total. The van der Waals surface area contributed by atoms with E-state index in [1.54, 1.807) is 4.88 Å². The molecule has 0 aliphatic carbocycles. The summed E-state index contributed by atoms with van der Waals surface area (Å²) >= 11 is 1.97. The molecule has 134 valence electrons. The highest BCUT2D eigenvalue weighted by Crippen LogP contribution is 2.35. The summed E-state index contributed by atoms with van der Waals surface area (Å²) in [7, 11) is 0. The van der Waals surface area contributed by atoms with Crippen LogP contribution in [-0.2, 0) is 19.5 Å². The van der Waals surface area contributed by atoms with E-state index in [1.807, 2.05) is 41.7 Å². The Morgan fingerprint density at radius 3 is 2.41 bits per heavy atom. The van der Waals surface area contributed by atoms with E-state index in [1.165, 1.54) is 21.2 Å². The molecule has 0 bridgehead atoms. The van der Waals surface area contributed by atoms with E-state index in [2.05, 4.69) is 53.4 Å². The van der Waals surface area contributed by atoms with Crippen LogP contribution in [0.2, 0.25) is 0 Å². The number of ether oxygens (including phenoxy) is 1. The molecule has 2 heterocycles. The van der Waals surface area contributed by atoms with Crippen molar-refractivity contribution in [3.63, 3.8) is 0 Å². The Morgan fingerprint density at radius 1 is 0.815 bits per heavy atom. The molecule has 1 aliphatic heterocycles. The number of hydrogen-bond donors (Lipinski definition) is 0. The summed E-state index contributed by atoms with van der Waals surface area (Å²) in [5, 5.41) is 1.44. The monoisotopic (exact) mass is 371 g/mol. The fraction of sp³-hybridized carbons (Fsp3) is 0.167. The summed E-state index contributed by atoms with van der Waals surface area (Å²) in [5.41, 5.74) is 2.87. The lowest BCUT2D eigenvalue weighted by atomic mass is 10.0. The molecule has 5 rings (SSSR count). The van der Waals surface area contributed by atoms with Gasteiger partial charge in [0.15, 0.2) is 0 Å². The van der Waals surface area contributed by atoms with E-state index in [-0.39, 0.29) is 0 Å². The number of para-hydroxylation sites is 1. The minimum atomic E-state index is 0.873. The summed E-state index contributed by atoms with van der Waals surface area (Å²) in [6.45, 7) is 3.15.